The van der Waals surface area contributed by atoms with Crippen LogP contribution in [0.4, 0.5) is 17.1 Å². The van der Waals surface area contributed by atoms with Crippen molar-refractivity contribution in [2.24, 2.45) is 0 Å². The molecule has 0 bridgehead atoms. The van der Waals surface area contributed by atoms with Crippen LogP contribution in [-0.2, 0) is 0 Å². The van der Waals surface area contributed by atoms with Gasteiger partial charge in [0, 0.05) is 22.5 Å². The van der Waals surface area contributed by atoms with Gasteiger partial charge in [0.15, 0.2) is 0 Å². The number of nitro groups is 1. The zero-order chi connectivity index (χ0) is 14.7. The van der Waals surface area contributed by atoms with E-state index in [1.165, 1.54) is 12.1 Å². The Hall–Kier alpha value is -2.60. The van der Waals surface area contributed by atoms with E-state index in [9.17, 15) is 14.9 Å². The number of hydrogen-bond acceptors (Lipinski definition) is 4. The Morgan fingerprint density at radius 1 is 1.20 bits per heavy atom. The largest absolute Gasteiger partial charge is 0.477 e. The Morgan fingerprint density at radius 2 is 1.90 bits per heavy atom. The number of hydrogen-bond donors (Lipinski definition) is 2. The van der Waals surface area contributed by atoms with Crippen LogP contribution in [0, 0.1) is 10.1 Å². The number of halogens is 1. The van der Waals surface area contributed by atoms with Gasteiger partial charge in [0.25, 0.3) is 5.69 Å². The molecule has 2 rings (SSSR count). The molecule has 102 valence electrons. The summed E-state index contributed by atoms with van der Waals surface area (Å²) < 4.78 is 0. The fraction of sp³-hybridized carbons (Fsp3) is 0. The minimum atomic E-state index is -1.36. The van der Waals surface area contributed by atoms with Crippen LogP contribution in [0.2, 0.25) is 5.02 Å². The van der Waals surface area contributed by atoms with Crippen LogP contribution in [0.5, 0.6) is 0 Å². The van der Waals surface area contributed by atoms with Crippen molar-refractivity contribution < 1.29 is 14.8 Å². The van der Waals surface area contributed by atoms with Crippen LogP contribution in [0.15, 0.2) is 42.5 Å². The molecule has 0 atom stereocenters. The molecule has 0 heterocycles. The van der Waals surface area contributed by atoms with Crippen molar-refractivity contribution in [3.8, 4) is 0 Å². The molecule has 0 saturated carbocycles. The number of anilines is 2. The summed E-state index contributed by atoms with van der Waals surface area (Å²) in [5.41, 5.74) is 0.258. The molecule has 0 aromatic heterocycles. The maximum absolute atomic E-state index is 11.0. The molecule has 7 heteroatoms. The van der Waals surface area contributed by atoms with Crippen LogP contribution in [0.3, 0.4) is 0 Å². The van der Waals surface area contributed by atoms with Gasteiger partial charge in [-0.2, -0.15) is 0 Å². The molecule has 0 spiro atoms. The summed E-state index contributed by atoms with van der Waals surface area (Å²) in [5.74, 6) is -1.36. The van der Waals surface area contributed by atoms with Gasteiger partial charge in [-0.3, -0.25) is 10.1 Å². The smallest absolute Gasteiger partial charge is 0.342 e. The number of nitro benzene ring substituents is 1. The maximum atomic E-state index is 11.0. The van der Waals surface area contributed by atoms with Gasteiger partial charge in [0.1, 0.15) is 5.56 Å². The third-order valence-corrected chi connectivity index (χ3v) is 2.77. The summed E-state index contributed by atoms with van der Waals surface area (Å²) in [7, 11) is 0. The Balaban J connectivity index is 2.36. The number of carboxylic acids is 1. The Bertz CT molecular complexity index is 688. The lowest BCUT2D eigenvalue weighted by Gasteiger charge is -2.07. The Morgan fingerprint density at radius 3 is 2.50 bits per heavy atom. The number of carbonyl (C=O) groups is 1. The number of rotatable bonds is 4. The van der Waals surface area contributed by atoms with Gasteiger partial charge in [-0.25, -0.2) is 4.79 Å². The lowest BCUT2D eigenvalue weighted by molar-refractivity contribution is -0.385. The molecule has 2 N–H and O–H groups in total. The molecule has 0 aliphatic rings. The van der Waals surface area contributed by atoms with Crippen molar-refractivity contribution in [2.45, 2.75) is 0 Å². The highest BCUT2D eigenvalue weighted by molar-refractivity contribution is 6.30. The van der Waals surface area contributed by atoms with Crippen LogP contribution >= 0.6 is 11.6 Å². The molecule has 0 aliphatic carbocycles. The average molecular weight is 293 g/mol. The molecule has 0 unspecified atom stereocenters. The Labute approximate surface area is 118 Å². The van der Waals surface area contributed by atoms with E-state index in [1.54, 1.807) is 24.3 Å². The van der Waals surface area contributed by atoms with E-state index in [4.69, 9.17) is 16.7 Å². The second-order valence-corrected chi connectivity index (χ2v) is 4.37. The van der Waals surface area contributed by atoms with Gasteiger partial charge >= 0.3 is 5.97 Å². The monoisotopic (exact) mass is 292 g/mol. The van der Waals surface area contributed by atoms with Gasteiger partial charge in [-0.15, -0.1) is 0 Å². The first-order valence-electron chi connectivity index (χ1n) is 5.51. The van der Waals surface area contributed by atoms with Crippen molar-refractivity contribution in [1.29, 1.82) is 0 Å². The fourth-order valence-electron chi connectivity index (χ4n) is 1.68. The molecule has 20 heavy (non-hydrogen) atoms. The standard InChI is InChI=1S/C13H9ClN2O4/c14-8-2-1-3-9(6-8)15-10-4-5-12(16(19)20)11(7-10)13(17)18/h1-7,15H,(H,17,18). The summed E-state index contributed by atoms with van der Waals surface area (Å²) in [6.07, 6.45) is 0. The number of nitrogens with one attached hydrogen (secondary N) is 1. The van der Waals surface area contributed by atoms with Crippen molar-refractivity contribution >= 4 is 34.6 Å². The summed E-state index contributed by atoms with van der Waals surface area (Å²) >= 11 is 5.84. The van der Waals surface area contributed by atoms with Crippen molar-refractivity contribution in [3.63, 3.8) is 0 Å². The lowest BCUT2D eigenvalue weighted by atomic mass is 10.1. The number of aromatic carboxylic acids is 1. The topological polar surface area (TPSA) is 92.5 Å². The van der Waals surface area contributed by atoms with Crippen molar-refractivity contribution in [1.82, 2.24) is 0 Å². The second-order valence-electron chi connectivity index (χ2n) is 3.93. The zero-order valence-corrected chi connectivity index (χ0v) is 10.8. The zero-order valence-electron chi connectivity index (χ0n) is 10.0. The SMILES string of the molecule is O=C(O)c1cc(Nc2cccc(Cl)c2)ccc1[N+](=O)[O-]. The minimum Gasteiger partial charge on any atom is -0.477 e. The van der Waals surface area contributed by atoms with Crippen LogP contribution in [0.25, 0.3) is 0 Å². The fourth-order valence-corrected chi connectivity index (χ4v) is 1.87. The predicted octanol–water partition coefficient (Wildman–Crippen LogP) is 3.69. The summed E-state index contributed by atoms with van der Waals surface area (Å²) in [5, 5.41) is 23.2. The van der Waals surface area contributed by atoms with E-state index in [1.807, 2.05) is 0 Å². The second kappa shape index (κ2) is 5.58. The predicted molar refractivity (Wildman–Crippen MR) is 74.8 cm³/mol. The molecular weight excluding hydrogens is 284 g/mol. The molecule has 0 radical (unpaired) electrons. The van der Waals surface area contributed by atoms with E-state index in [0.717, 1.165) is 6.07 Å². The van der Waals surface area contributed by atoms with Crippen LogP contribution in [0.1, 0.15) is 10.4 Å². The molecule has 2 aromatic rings. The van der Waals surface area contributed by atoms with Gasteiger partial charge in [0.2, 0.25) is 0 Å². The van der Waals surface area contributed by atoms with E-state index < -0.39 is 16.6 Å². The van der Waals surface area contributed by atoms with E-state index >= 15 is 0 Å². The number of benzene rings is 2. The normalized spacial score (nSPS) is 10.1. The molecule has 0 fully saturated rings. The van der Waals surface area contributed by atoms with E-state index in [0.29, 0.717) is 16.4 Å². The summed E-state index contributed by atoms with van der Waals surface area (Å²) in [6.45, 7) is 0. The molecule has 0 amide bonds. The van der Waals surface area contributed by atoms with E-state index in [-0.39, 0.29) is 5.56 Å². The minimum absolute atomic E-state index is 0.373. The highest BCUT2D eigenvalue weighted by atomic mass is 35.5. The van der Waals surface area contributed by atoms with Crippen molar-refractivity contribution in [3.05, 3.63) is 63.2 Å². The number of carboxylic acid groups (broad SMARTS) is 1. The summed E-state index contributed by atoms with van der Waals surface area (Å²) in [4.78, 5) is 21.0. The quantitative estimate of drug-likeness (QED) is 0.662. The number of nitrogens with zero attached hydrogens (tertiary/aromatic N) is 1. The molecule has 2 aromatic carbocycles. The lowest BCUT2D eigenvalue weighted by Crippen LogP contribution is -2.03. The van der Waals surface area contributed by atoms with Crippen molar-refractivity contribution in [2.75, 3.05) is 5.32 Å². The molecular formula is C13H9ClN2O4. The first-order chi connectivity index (χ1) is 9.47. The molecule has 6 nitrogen and oxygen atoms in total. The van der Waals surface area contributed by atoms with Gasteiger partial charge in [0.05, 0.1) is 4.92 Å². The van der Waals surface area contributed by atoms with Gasteiger partial charge in [-0.1, -0.05) is 17.7 Å². The van der Waals surface area contributed by atoms with E-state index in [2.05, 4.69) is 5.32 Å². The molecule has 0 saturated heterocycles. The molecule has 0 aliphatic heterocycles. The summed E-state index contributed by atoms with van der Waals surface area (Å²) in [6, 6.07) is 10.6. The maximum Gasteiger partial charge on any atom is 0.342 e. The first kappa shape index (κ1) is 13.8. The van der Waals surface area contributed by atoms with Gasteiger partial charge in [-0.05, 0) is 30.3 Å². The third-order valence-electron chi connectivity index (χ3n) is 2.54. The van der Waals surface area contributed by atoms with Gasteiger partial charge < -0.3 is 10.4 Å². The highest BCUT2D eigenvalue weighted by Crippen LogP contribution is 2.26. The first-order valence-corrected chi connectivity index (χ1v) is 5.89. The average Bonchev–Trinajstić information content (AvgIpc) is 2.38. The van der Waals surface area contributed by atoms with Crippen LogP contribution < -0.4 is 5.32 Å². The highest BCUT2D eigenvalue weighted by Gasteiger charge is 2.19. The Kier molecular flexibility index (Phi) is 3.86. The third kappa shape index (κ3) is 3.04. The van der Waals surface area contributed by atoms with Crippen LogP contribution in [-0.4, -0.2) is 16.0 Å².